The Morgan fingerprint density at radius 2 is 1.89 bits per heavy atom. The number of hydrogen-bond acceptors (Lipinski definition) is 2. The molecule has 0 heterocycles. The van der Waals surface area contributed by atoms with E-state index in [1.54, 1.807) is 4.90 Å². The van der Waals surface area contributed by atoms with Gasteiger partial charge in [0, 0.05) is 18.4 Å². The van der Waals surface area contributed by atoms with Crippen molar-refractivity contribution in [3.05, 3.63) is 35.9 Å². The van der Waals surface area contributed by atoms with Crippen molar-refractivity contribution in [3.8, 4) is 0 Å². The predicted octanol–water partition coefficient (Wildman–Crippen LogP) is 4.21. The lowest BCUT2D eigenvalue weighted by Gasteiger charge is -2.27. The highest BCUT2D eigenvalue weighted by atomic mass is 79.9. The van der Waals surface area contributed by atoms with Gasteiger partial charge < -0.3 is 9.64 Å². The van der Waals surface area contributed by atoms with Crippen LogP contribution in [-0.4, -0.2) is 28.5 Å². The number of halogens is 1. The van der Waals surface area contributed by atoms with Crippen LogP contribution in [0.1, 0.15) is 32.8 Å². The van der Waals surface area contributed by atoms with Gasteiger partial charge in [-0.3, -0.25) is 0 Å². The maximum absolute atomic E-state index is 12.2. The Morgan fingerprint density at radius 3 is 2.42 bits per heavy atom. The number of benzene rings is 1. The number of carbonyl (C=O) groups excluding carboxylic acids is 1. The molecule has 0 aliphatic heterocycles. The van der Waals surface area contributed by atoms with E-state index in [4.69, 9.17) is 4.74 Å². The Bertz CT molecular complexity index is 387. The summed E-state index contributed by atoms with van der Waals surface area (Å²) >= 11 is 3.40. The fraction of sp³-hybridized carbons (Fsp3) is 0.533. The molecule has 106 valence electrons. The smallest absolute Gasteiger partial charge is 0.410 e. The highest BCUT2D eigenvalue weighted by Gasteiger charge is 2.21. The van der Waals surface area contributed by atoms with E-state index in [0.717, 1.165) is 17.3 Å². The third-order valence-corrected chi connectivity index (χ3v) is 2.99. The van der Waals surface area contributed by atoms with Gasteiger partial charge in [0.25, 0.3) is 0 Å². The van der Waals surface area contributed by atoms with Gasteiger partial charge in [-0.2, -0.15) is 0 Å². The standard InChI is InChI=1S/C15H22BrNO2/c1-15(2,3)19-14(18)17(11-7-10-16)12-13-8-5-4-6-9-13/h4-6,8-9H,7,10-12H2,1-3H3. The van der Waals surface area contributed by atoms with Crippen LogP contribution in [-0.2, 0) is 11.3 Å². The van der Waals surface area contributed by atoms with Gasteiger partial charge in [0.15, 0.2) is 0 Å². The SMILES string of the molecule is CC(C)(C)OC(=O)N(CCCBr)Cc1ccccc1. The molecular formula is C15H22BrNO2. The summed E-state index contributed by atoms with van der Waals surface area (Å²) in [5.41, 5.74) is 0.656. The van der Waals surface area contributed by atoms with Crippen LogP contribution in [0, 0.1) is 0 Å². The van der Waals surface area contributed by atoms with Crippen molar-refractivity contribution in [3.63, 3.8) is 0 Å². The summed E-state index contributed by atoms with van der Waals surface area (Å²) in [6, 6.07) is 9.97. The molecule has 1 rings (SSSR count). The molecule has 1 amide bonds. The van der Waals surface area contributed by atoms with Crippen LogP contribution >= 0.6 is 15.9 Å². The zero-order valence-electron chi connectivity index (χ0n) is 11.9. The number of hydrogen-bond donors (Lipinski definition) is 0. The lowest BCUT2D eigenvalue weighted by atomic mass is 10.2. The summed E-state index contributed by atoms with van der Waals surface area (Å²) in [5, 5.41) is 0.876. The molecule has 0 aromatic heterocycles. The third-order valence-electron chi connectivity index (χ3n) is 2.43. The number of alkyl halides is 1. The van der Waals surface area contributed by atoms with E-state index in [1.165, 1.54) is 0 Å². The van der Waals surface area contributed by atoms with Gasteiger partial charge in [0.1, 0.15) is 5.60 Å². The highest BCUT2D eigenvalue weighted by molar-refractivity contribution is 9.09. The summed E-state index contributed by atoms with van der Waals surface area (Å²) in [6.07, 6.45) is 0.656. The molecule has 0 aliphatic carbocycles. The van der Waals surface area contributed by atoms with Crippen molar-refractivity contribution in [1.29, 1.82) is 0 Å². The number of carbonyl (C=O) groups is 1. The van der Waals surface area contributed by atoms with Crippen LogP contribution in [0.3, 0.4) is 0 Å². The van der Waals surface area contributed by atoms with Crippen molar-refractivity contribution in [2.75, 3.05) is 11.9 Å². The second-order valence-corrected chi connectivity index (χ2v) is 6.22. The average molecular weight is 328 g/mol. The third kappa shape index (κ3) is 6.62. The van der Waals surface area contributed by atoms with E-state index in [1.807, 2.05) is 51.1 Å². The first-order valence-electron chi connectivity index (χ1n) is 6.50. The molecular weight excluding hydrogens is 306 g/mol. The molecule has 0 unspecified atom stereocenters. The zero-order valence-corrected chi connectivity index (χ0v) is 13.4. The summed E-state index contributed by atoms with van der Waals surface area (Å²) in [5.74, 6) is 0. The topological polar surface area (TPSA) is 29.5 Å². The van der Waals surface area contributed by atoms with Crippen LogP contribution in [0.25, 0.3) is 0 Å². The zero-order chi connectivity index (χ0) is 14.3. The summed E-state index contributed by atoms with van der Waals surface area (Å²) in [6.45, 7) is 6.93. The van der Waals surface area contributed by atoms with E-state index in [0.29, 0.717) is 13.1 Å². The minimum Gasteiger partial charge on any atom is -0.444 e. The highest BCUT2D eigenvalue weighted by Crippen LogP contribution is 2.13. The number of amides is 1. The van der Waals surface area contributed by atoms with E-state index >= 15 is 0 Å². The second-order valence-electron chi connectivity index (χ2n) is 5.43. The summed E-state index contributed by atoms with van der Waals surface area (Å²) in [7, 11) is 0. The maximum atomic E-state index is 12.2. The lowest BCUT2D eigenvalue weighted by molar-refractivity contribution is 0.0234. The molecule has 4 heteroatoms. The van der Waals surface area contributed by atoms with Crippen LogP contribution in [0.15, 0.2) is 30.3 Å². The maximum Gasteiger partial charge on any atom is 0.410 e. The van der Waals surface area contributed by atoms with Crippen molar-refractivity contribution >= 4 is 22.0 Å². The Morgan fingerprint density at radius 1 is 1.26 bits per heavy atom. The molecule has 19 heavy (non-hydrogen) atoms. The minimum absolute atomic E-state index is 0.252. The van der Waals surface area contributed by atoms with Gasteiger partial charge in [-0.15, -0.1) is 0 Å². The largest absolute Gasteiger partial charge is 0.444 e. The second kappa shape index (κ2) is 7.53. The molecule has 3 nitrogen and oxygen atoms in total. The van der Waals surface area contributed by atoms with E-state index in [-0.39, 0.29) is 6.09 Å². The van der Waals surface area contributed by atoms with E-state index in [9.17, 15) is 4.79 Å². The summed E-state index contributed by atoms with van der Waals surface area (Å²) < 4.78 is 5.44. The molecule has 0 fully saturated rings. The molecule has 0 aliphatic rings. The molecule has 0 N–H and O–H groups in total. The molecule has 0 radical (unpaired) electrons. The lowest BCUT2D eigenvalue weighted by Crippen LogP contribution is -2.37. The normalized spacial score (nSPS) is 11.2. The monoisotopic (exact) mass is 327 g/mol. The van der Waals surface area contributed by atoms with Crippen LogP contribution in [0.2, 0.25) is 0 Å². The van der Waals surface area contributed by atoms with Crippen LogP contribution < -0.4 is 0 Å². The molecule has 1 aromatic rings. The fourth-order valence-electron chi connectivity index (χ4n) is 1.62. The molecule has 0 saturated heterocycles. The predicted molar refractivity (Wildman–Crippen MR) is 81.5 cm³/mol. The van der Waals surface area contributed by atoms with Crippen molar-refractivity contribution in [1.82, 2.24) is 4.90 Å². The molecule has 0 bridgehead atoms. The van der Waals surface area contributed by atoms with Gasteiger partial charge in [-0.25, -0.2) is 4.79 Å². The Labute approximate surface area is 124 Å². The van der Waals surface area contributed by atoms with Crippen molar-refractivity contribution in [2.24, 2.45) is 0 Å². The molecule has 1 aromatic carbocycles. The first kappa shape index (κ1) is 16.0. The quantitative estimate of drug-likeness (QED) is 0.758. The summed E-state index contributed by atoms with van der Waals surface area (Å²) in [4.78, 5) is 13.9. The Balaban J connectivity index is 2.68. The molecule has 0 saturated carbocycles. The van der Waals surface area contributed by atoms with Crippen LogP contribution in [0.5, 0.6) is 0 Å². The van der Waals surface area contributed by atoms with Crippen LogP contribution in [0.4, 0.5) is 4.79 Å². The minimum atomic E-state index is -0.458. The first-order chi connectivity index (χ1) is 8.92. The Kier molecular flexibility index (Phi) is 6.35. The first-order valence-corrected chi connectivity index (χ1v) is 7.62. The van der Waals surface area contributed by atoms with Gasteiger partial charge in [-0.05, 0) is 32.8 Å². The van der Waals surface area contributed by atoms with E-state index in [2.05, 4.69) is 15.9 Å². The molecule has 0 spiro atoms. The average Bonchev–Trinajstić information content (AvgIpc) is 2.33. The number of ether oxygens (including phenoxy) is 1. The number of nitrogens with zero attached hydrogens (tertiary/aromatic N) is 1. The van der Waals surface area contributed by atoms with Gasteiger partial charge in [-0.1, -0.05) is 46.3 Å². The van der Waals surface area contributed by atoms with Gasteiger partial charge in [0.05, 0.1) is 0 Å². The molecule has 0 atom stereocenters. The Hall–Kier alpha value is -1.03. The van der Waals surface area contributed by atoms with E-state index < -0.39 is 5.60 Å². The fourth-order valence-corrected chi connectivity index (χ4v) is 1.87. The van der Waals surface area contributed by atoms with Gasteiger partial charge >= 0.3 is 6.09 Å². The van der Waals surface area contributed by atoms with Gasteiger partial charge in [0.2, 0.25) is 0 Å². The van der Waals surface area contributed by atoms with Crippen molar-refractivity contribution < 1.29 is 9.53 Å². The number of rotatable bonds is 5. The van der Waals surface area contributed by atoms with Crippen molar-refractivity contribution in [2.45, 2.75) is 39.3 Å².